The van der Waals surface area contributed by atoms with E-state index in [-0.39, 0.29) is 16.9 Å². The van der Waals surface area contributed by atoms with Gasteiger partial charge in [-0.05, 0) is 37.1 Å². The minimum absolute atomic E-state index is 0.0268. The zero-order valence-corrected chi connectivity index (χ0v) is 19.7. The van der Waals surface area contributed by atoms with Crippen molar-refractivity contribution in [1.29, 1.82) is 0 Å². The Morgan fingerprint density at radius 3 is 2.12 bits per heavy atom. The normalized spacial score (nSPS) is 11.5. The van der Waals surface area contributed by atoms with E-state index in [2.05, 4.69) is 21.1 Å². The van der Waals surface area contributed by atoms with Gasteiger partial charge in [0.15, 0.2) is 5.76 Å². The van der Waals surface area contributed by atoms with Crippen molar-refractivity contribution in [3.63, 3.8) is 0 Å². The molecule has 33 heavy (non-hydrogen) atoms. The molecule has 9 heteroatoms. The number of thiocarbonyl (C=S) groups is 1. The van der Waals surface area contributed by atoms with Crippen LogP contribution < -0.4 is 16.0 Å². The van der Waals surface area contributed by atoms with E-state index >= 15 is 0 Å². The lowest BCUT2D eigenvalue weighted by molar-refractivity contribution is -0.143. The quantitative estimate of drug-likeness (QED) is 0.341. The molecule has 172 valence electrons. The van der Waals surface area contributed by atoms with Gasteiger partial charge in [0.05, 0.1) is 7.11 Å². The highest BCUT2D eigenvalue weighted by Gasteiger charge is 2.25. The van der Waals surface area contributed by atoms with E-state index in [0.29, 0.717) is 22.8 Å². The summed E-state index contributed by atoms with van der Waals surface area (Å²) >= 11 is 5.37. The molecular formula is C24H26N4O4S. The lowest BCUT2D eigenvalue weighted by Crippen LogP contribution is -2.44. The summed E-state index contributed by atoms with van der Waals surface area (Å²) in [6.07, 6.45) is 0. The molecule has 1 unspecified atom stereocenters. The van der Waals surface area contributed by atoms with Crippen LogP contribution in [0.3, 0.4) is 0 Å². The number of benzene rings is 2. The van der Waals surface area contributed by atoms with Gasteiger partial charge in [-0.1, -0.05) is 61.1 Å². The molecule has 3 N–H and O–H groups in total. The molecule has 0 aliphatic rings. The number of aryl methyl sites for hydroxylation is 1. The van der Waals surface area contributed by atoms with Crippen molar-refractivity contribution in [2.45, 2.75) is 26.8 Å². The third-order valence-corrected chi connectivity index (χ3v) is 5.21. The van der Waals surface area contributed by atoms with Crippen LogP contribution in [0.15, 0.2) is 59.1 Å². The van der Waals surface area contributed by atoms with Crippen LogP contribution in [0.2, 0.25) is 0 Å². The van der Waals surface area contributed by atoms with Crippen molar-refractivity contribution < 1.29 is 18.8 Å². The van der Waals surface area contributed by atoms with Gasteiger partial charge in [-0.25, -0.2) is 9.59 Å². The summed E-state index contributed by atoms with van der Waals surface area (Å²) in [6, 6.07) is 15.5. The molecule has 0 aliphatic carbocycles. The molecule has 0 aliphatic heterocycles. The number of hydrogen-bond acceptors (Lipinski definition) is 6. The second-order valence-electron chi connectivity index (χ2n) is 7.82. The SMILES string of the molecule is COC(=O)C(NC(=S)c1cc(-c2ccc(NC(=O)Nc3ccc(C)cc3)cc2)no1)C(C)C. The first-order valence-corrected chi connectivity index (χ1v) is 10.8. The van der Waals surface area contributed by atoms with Crippen LogP contribution in [-0.4, -0.2) is 35.3 Å². The highest BCUT2D eigenvalue weighted by atomic mass is 32.1. The Morgan fingerprint density at radius 2 is 1.58 bits per heavy atom. The Labute approximate surface area is 197 Å². The van der Waals surface area contributed by atoms with Crippen molar-refractivity contribution in [1.82, 2.24) is 10.5 Å². The van der Waals surface area contributed by atoms with Crippen LogP contribution in [0.4, 0.5) is 16.2 Å². The number of nitrogens with zero attached hydrogens (tertiary/aromatic N) is 1. The van der Waals surface area contributed by atoms with Gasteiger partial charge in [0.25, 0.3) is 0 Å². The molecule has 1 heterocycles. The van der Waals surface area contributed by atoms with Crippen LogP contribution in [0, 0.1) is 12.8 Å². The van der Waals surface area contributed by atoms with Crippen LogP contribution in [0.5, 0.6) is 0 Å². The van der Waals surface area contributed by atoms with Gasteiger partial charge in [-0.3, -0.25) is 0 Å². The second-order valence-corrected chi connectivity index (χ2v) is 8.23. The van der Waals surface area contributed by atoms with Gasteiger partial charge in [-0.2, -0.15) is 0 Å². The topological polar surface area (TPSA) is 105 Å². The van der Waals surface area contributed by atoms with Gasteiger partial charge in [0.1, 0.15) is 16.7 Å². The number of carbonyl (C=O) groups is 2. The maximum Gasteiger partial charge on any atom is 0.328 e. The lowest BCUT2D eigenvalue weighted by Gasteiger charge is -2.20. The average Bonchev–Trinajstić information content (AvgIpc) is 3.29. The predicted molar refractivity (Wildman–Crippen MR) is 131 cm³/mol. The molecule has 2 aromatic carbocycles. The molecule has 0 bridgehead atoms. The number of aromatic nitrogens is 1. The molecule has 2 amide bonds. The van der Waals surface area contributed by atoms with Gasteiger partial charge in [0, 0.05) is 23.0 Å². The van der Waals surface area contributed by atoms with E-state index in [1.807, 2.05) is 57.2 Å². The summed E-state index contributed by atoms with van der Waals surface area (Å²) in [5.41, 5.74) is 3.81. The van der Waals surface area contributed by atoms with Crippen molar-refractivity contribution in [2.24, 2.45) is 5.92 Å². The monoisotopic (exact) mass is 466 g/mol. The number of urea groups is 1. The largest absolute Gasteiger partial charge is 0.467 e. The molecule has 3 rings (SSSR count). The smallest absolute Gasteiger partial charge is 0.328 e. The lowest BCUT2D eigenvalue weighted by atomic mass is 10.0. The molecule has 0 radical (unpaired) electrons. The number of anilines is 2. The number of ether oxygens (including phenoxy) is 1. The number of esters is 1. The fourth-order valence-corrected chi connectivity index (χ4v) is 3.23. The standard InChI is InChI=1S/C24H26N4O4S/c1-14(2)21(23(29)31-4)27-22(33)20-13-19(28-32-20)16-7-11-18(12-8-16)26-24(30)25-17-9-5-15(3)6-10-17/h5-14,21H,1-4H3,(H,27,33)(H2,25,26,30). The fraction of sp³-hybridized carbons (Fsp3) is 0.250. The highest BCUT2D eigenvalue weighted by Crippen LogP contribution is 2.22. The third-order valence-electron chi connectivity index (χ3n) is 4.89. The van der Waals surface area contributed by atoms with E-state index in [1.54, 1.807) is 18.2 Å². The maximum atomic E-state index is 12.2. The van der Waals surface area contributed by atoms with Crippen LogP contribution in [0.1, 0.15) is 25.2 Å². The molecule has 1 atom stereocenters. The van der Waals surface area contributed by atoms with Crippen molar-refractivity contribution in [3.8, 4) is 11.3 Å². The van der Waals surface area contributed by atoms with E-state index in [4.69, 9.17) is 21.5 Å². The molecule has 8 nitrogen and oxygen atoms in total. The highest BCUT2D eigenvalue weighted by molar-refractivity contribution is 7.80. The first-order chi connectivity index (χ1) is 15.8. The summed E-state index contributed by atoms with van der Waals surface area (Å²) in [5.74, 6) is -0.0862. The average molecular weight is 467 g/mol. The van der Waals surface area contributed by atoms with Crippen molar-refractivity contribution in [3.05, 3.63) is 65.9 Å². The summed E-state index contributed by atoms with van der Waals surface area (Å²) in [4.78, 5) is 24.4. The van der Waals surface area contributed by atoms with Crippen LogP contribution in [0.25, 0.3) is 11.3 Å². The summed E-state index contributed by atoms with van der Waals surface area (Å²) in [6.45, 7) is 5.76. The van der Waals surface area contributed by atoms with Gasteiger partial charge in [-0.15, -0.1) is 0 Å². The summed E-state index contributed by atoms with van der Waals surface area (Å²) < 4.78 is 10.2. The van der Waals surface area contributed by atoms with Gasteiger partial charge < -0.3 is 25.2 Å². The molecule has 0 saturated carbocycles. The molecular weight excluding hydrogens is 440 g/mol. The minimum atomic E-state index is -0.590. The van der Waals surface area contributed by atoms with Crippen LogP contribution >= 0.6 is 12.2 Å². The Bertz CT molecular complexity index is 1120. The van der Waals surface area contributed by atoms with Gasteiger partial charge in [0.2, 0.25) is 0 Å². The minimum Gasteiger partial charge on any atom is -0.467 e. The first-order valence-electron chi connectivity index (χ1n) is 10.4. The summed E-state index contributed by atoms with van der Waals surface area (Å²) in [5, 5.41) is 12.6. The number of nitrogens with one attached hydrogen (secondary N) is 3. The molecule has 0 fully saturated rings. The fourth-order valence-electron chi connectivity index (χ4n) is 3.01. The Hall–Kier alpha value is -3.72. The van der Waals surface area contributed by atoms with Gasteiger partial charge >= 0.3 is 12.0 Å². The Balaban J connectivity index is 1.62. The second kappa shape index (κ2) is 10.7. The van der Waals surface area contributed by atoms with E-state index in [9.17, 15) is 9.59 Å². The van der Waals surface area contributed by atoms with E-state index in [0.717, 1.165) is 11.1 Å². The molecule has 0 saturated heterocycles. The number of carbonyl (C=O) groups excluding carboxylic acids is 2. The Morgan fingerprint density at radius 1 is 1.00 bits per heavy atom. The van der Waals surface area contributed by atoms with Crippen LogP contribution in [-0.2, 0) is 9.53 Å². The summed E-state index contributed by atoms with van der Waals surface area (Å²) in [7, 11) is 1.33. The van der Waals surface area contributed by atoms with Crippen molar-refractivity contribution >= 4 is 40.6 Å². The molecule has 0 spiro atoms. The third kappa shape index (κ3) is 6.39. The number of rotatable bonds is 7. The number of methoxy groups -OCH3 is 1. The van der Waals surface area contributed by atoms with E-state index < -0.39 is 12.0 Å². The Kier molecular flexibility index (Phi) is 7.78. The number of amides is 2. The number of hydrogen-bond donors (Lipinski definition) is 3. The van der Waals surface area contributed by atoms with Crippen molar-refractivity contribution in [2.75, 3.05) is 17.7 Å². The zero-order valence-electron chi connectivity index (χ0n) is 18.8. The zero-order chi connectivity index (χ0) is 24.0. The maximum absolute atomic E-state index is 12.2. The first kappa shape index (κ1) is 23.9. The molecule has 3 aromatic rings. The molecule has 1 aromatic heterocycles. The van der Waals surface area contributed by atoms with E-state index in [1.165, 1.54) is 7.11 Å². The predicted octanol–water partition coefficient (Wildman–Crippen LogP) is 4.76.